The highest BCUT2D eigenvalue weighted by Crippen LogP contribution is 2.19. The molecule has 0 saturated heterocycles. The number of hydrazine groups is 1. The van der Waals surface area contributed by atoms with Crippen molar-refractivity contribution in [1.82, 2.24) is 9.71 Å². The highest BCUT2D eigenvalue weighted by molar-refractivity contribution is 7.89. The predicted octanol–water partition coefficient (Wildman–Crippen LogP) is 1.12. The van der Waals surface area contributed by atoms with E-state index in [0.29, 0.717) is 0 Å². The fourth-order valence-electron chi connectivity index (χ4n) is 1.64. The maximum absolute atomic E-state index is 13.4. The molecule has 9 heteroatoms. The minimum absolute atomic E-state index is 0.107. The van der Waals surface area contributed by atoms with Crippen LogP contribution >= 0.6 is 0 Å². The normalized spacial score (nSPS) is 11.4. The fraction of sp³-hybridized carbons (Fsp3) is 0.0833. The number of nitrogens with two attached hydrogens (primary N) is 1. The Morgan fingerprint density at radius 3 is 2.71 bits per heavy atom. The number of nitrogens with one attached hydrogen (secondary N) is 2. The van der Waals surface area contributed by atoms with Gasteiger partial charge in [0.15, 0.2) is 0 Å². The van der Waals surface area contributed by atoms with Gasteiger partial charge in [0.25, 0.3) is 0 Å². The lowest BCUT2D eigenvalue weighted by atomic mass is 10.2. The molecule has 0 unspecified atom stereocenters. The van der Waals surface area contributed by atoms with Crippen LogP contribution in [0.25, 0.3) is 0 Å². The van der Waals surface area contributed by atoms with Crippen LogP contribution < -0.4 is 16.0 Å². The summed E-state index contributed by atoms with van der Waals surface area (Å²) in [6, 6.07) is 4.17. The first kappa shape index (κ1) is 15.3. The molecule has 0 atom stereocenters. The van der Waals surface area contributed by atoms with Crippen LogP contribution in [0.15, 0.2) is 41.6 Å². The van der Waals surface area contributed by atoms with Crippen LogP contribution in [0.3, 0.4) is 0 Å². The van der Waals surface area contributed by atoms with Crippen molar-refractivity contribution in [3.63, 3.8) is 0 Å². The molecule has 0 bridgehead atoms. The van der Waals surface area contributed by atoms with E-state index in [0.717, 1.165) is 24.4 Å². The van der Waals surface area contributed by atoms with E-state index in [1.165, 1.54) is 12.3 Å². The van der Waals surface area contributed by atoms with E-state index >= 15 is 0 Å². The number of anilines is 1. The molecule has 0 radical (unpaired) electrons. The van der Waals surface area contributed by atoms with Crippen molar-refractivity contribution in [3.8, 4) is 0 Å². The molecule has 0 aliphatic carbocycles. The first-order valence-electron chi connectivity index (χ1n) is 5.78. The van der Waals surface area contributed by atoms with E-state index in [2.05, 4.69) is 15.1 Å². The van der Waals surface area contributed by atoms with Gasteiger partial charge in [-0.05, 0) is 24.3 Å². The predicted molar refractivity (Wildman–Crippen MR) is 72.4 cm³/mol. The van der Waals surface area contributed by atoms with E-state index in [4.69, 9.17) is 5.84 Å². The molecule has 1 aromatic carbocycles. The third-order valence-corrected chi connectivity index (χ3v) is 4.12. The Hall–Kier alpha value is -2.10. The van der Waals surface area contributed by atoms with Crippen molar-refractivity contribution in [1.29, 1.82) is 0 Å². The average molecular weight is 314 g/mol. The van der Waals surface area contributed by atoms with E-state index in [1.54, 1.807) is 0 Å². The molecular weight excluding hydrogens is 302 g/mol. The number of aromatic nitrogens is 1. The van der Waals surface area contributed by atoms with Gasteiger partial charge in [0.2, 0.25) is 10.0 Å². The second-order valence-corrected chi connectivity index (χ2v) is 5.81. The minimum Gasteiger partial charge on any atom is -0.323 e. The van der Waals surface area contributed by atoms with Gasteiger partial charge in [-0.1, -0.05) is 0 Å². The van der Waals surface area contributed by atoms with Gasteiger partial charge in [0.1, 0.15) is 16.5 Å². The third kappa shape index (κ3) is 3.51. The topological polar surface area (TPSA) is 97.1 Å². The van der Waals surface area contributed by atoms with Crippen LogP contribution in [0.4, 0.5) is 14.5 Å². The zero-order chi connectivity index (χ0) is 15.5. The number of benzene rings is 1. The van der Waals surface area contributed by atoms with Crippen LogP contribution in [0.2, 0.25) is 0 Å². The zero-order valence-electron chi connectivity index (χ0n) is 10.7. The average Bonchev–Trinajstić information content (AvgIpc) is 2.48. The number of nitrogen functional groups attached to an aromatic ring is 1. The van der Waals surface area contributed by atoms with Crippen LogP contribution in [0.1, 0.15) is 5.56 Å². The number of pyridine rings is 1. The van der Waals surface area contributed by atoms with Gasteiger partial charge in [-0.3, -0.25) is 10.8 Å². The maximum Gasteiger partial charge on any atom is 0.244 e. The van der Waals surface area contributed by atoms with Crippen LogP contribution in [-0.4, -0.2) is 13.4 Å². The van der Waals surface area contributed by atoms with Crippen molar-refractivity contribution in [2.24, 2.45) is 5.84 Å². The summed E-state index contributed by atoms with van der Waals surface area (Å²) in [4.78, 5) is 3.51. The van der Waals surface area contributed by atoms with E-state index < -0.39 is 28.2 Å². The molecular formula is C12H12F2N4O2S. The number of rotatable bonds is 5. The Kier molecular flexibility index (Phi) is 4.46. The Morgan fingerprint density at radius 2 is 2.00 bits per heavy atom. The SMILES string of the molecule is NNc1ccncc1S(=O)(=O)NCc1cc(F)ccc1F. The van der Waals surface area contributed by atoms with E-state index in [-0.39, 0.29) is 16.1 Å². The molecule has 6 nitrogen and oxygen atoms in total. The van der Waals surface area contributed by atoms with E-state index in [9.17, 15) is 17.2 Å². The molecule has 112 valence electrons. The summed E-state index contributed by atoms with van der Waals surface area (Å²) in [5.74, 6) is 3.86. The molecule has 0 fully saturated rings. The van der Waals surface area contributed by atoms with Crippen LogP contribution in [-0.2, 0) is 16.6 Å². The summed E-state index contributed by atoms with van der Waals surface area (Å²) in [6.07, 6.45) is 2.46. The number of hydrogen-bond acceptors (Lipinski definition) is 5. The second-order valence-electron chi connectivity index (χ2n) is 4.08. The maximum atomic E-state index is 13.4. The lowest BCUT2D eigenvalue weighted by Gasteiger charge is -2.10. The summed E-state index contributed by atoms with van der Waals surface area (Å²) in [6.45, 7) is -0.398. The monoisotopic (exact) mass is 314 g/mol. The molecule has 2 rings (SSSR count). The smallest absolute Gasteiger partial charge is 0.244 e. The molecule has 0 spiro atoms. The van der Waals surface area contributed by atoms with Gasteiger partial charge >= 0.3 is 0 Å². The molecule has 2 aromatic rings. The first-order valence-corrected chi connectivity index (χ1v) is 7.26. The van der Waals surface area contributed by atoms with Crippen molar-refractivity contribution in [2.75, 3.05) is 5.43 Å². The molecule has 0 amide bonds. The van der Waals surface area contributed by atoms with Crippen LogP contribution in [0, 0.1) is 11.6 Å². The summed E-state index contributed by atoms with van der Waals surface area (Å²) < 4.78 is 52.9. The minimum atomic E-state index is -3.97. The highest BCUT2D eigenvalue weighted by Gasteiger charge is 2.19. The standard InChI is InChI=1S/C12H12F2N4O2S/c13-9-1-2-10(14)8(5-9)6-17-21(19,20)12-7-16-4-3-11(12)18-15/h1-5,7,17H,6,15H2,(H,16,18). The molecule has 4 N–H and O–H groups in total. The quantitative estimate of drug-likeness (QED) is 0.568. The highest BCUT2D eigenvalue weighted by atomic mass is 32.2. The van der Waals surface area contributed by atoms with E-state index in [1.807, 2.05) is 0 Å². The molecule has 21 heavy (non-hydrogen) atoms. The van der Waals surface area contributed by atoms with Gasteiger partial charge in [0.05, 0.1) is 5.69 Å². The third-order valence-electron chi connectivity index (χ3n) is 2.69. The fourth-order valence-corrected chi connectivity index (χ4v) is 2.76. The van der Waals surface area contributed by atoms with Crippen molar-refractivity contribution in [2.45, 2.75) is 11.4 Å². The summed E-state index contributed by atoms with van der Waals surface area (Å²) >= 11 is 0. The lowest BCUT2D eigenvalue weighted by Crippen LogP contribution is -2.25. The zero-order valence-corrected chi connectivity index (χ0v) is 11.5. The van der Waals surface area contributed by atoms with Gasteiger partial charge in [-0.15, -0.1) is 0 Å². The van der Waals surface area contributed by atoms with Gasteiger partial charge in [-0.2, -0.15) is 0 Å². The molecule has 0 aliphatic heterocycles. The Balaban J connectivity index is 2.24. The molecule has 0 saturated carbocycles. The first-order chi connectivity index (χ1) is 9.94. The summed E-state index contributed by atoms with van der Waals surface area (Å²) in [7, 11) is -3.97. The largest absolute Gasteiger partial charge is 0.323 e. The van der Waals surface area contributed by atoms with Crippen molar-refractivity contribution >= 4 is 15.7 Å². The Bertz CT molecular complexity index is 753. The molecule has 0 aliphatic rings. The van der Waals surface area contributed by atoms with Gasteiger partial charge in [-0.25, -0.2) is 21.9 Å². The van der Waals surface area contributed by atoms with Crippen LogP contribution in [0.5, 0.6) is 0 Å². The Labute approximate surface area is 120 Å². The van der Waals surface area contributed by atoms with Crippen molar-refractivity contribution < 1.29 is 17.2 Å². The molecule has 1 aromatic heterocycles. The number of nitrogens with zero attached hydrogens (tertiary/aromatic N) is 1. The summed E-state index contributed by atoms with van der Waals surface area (Å²) in [5.41, 5.74) is 2.26. The summed E-state index contributed by atoms with van der Waals surface area (Å²) in [5, 5.41) is 0. The number of halogens is 2. The lowest BCUT2D eigenvalue weighted by molar-refractivity contribution is 0.567. The second kappa shape index (κ2) is 6.12. The van der Waals surface area contributed by atoms with Gasteiger partial charge < -0.3 is 5.43 Å². The Morgan fingerprint density at radius 1 is 1.24 bits per heavy atom. The number of sulfonamides is 1. The molecule has 1 heterocycles. The van der Waals surface area contributed by atoms with Gasteiger partial charge in [0, 0.05) is 24.5 Å². The number of hydrogen-bond donors (Lipinski definition) is 3. The van der Waals surface area contributed by atoms with Crippen molar-refractivity contribution in [3.05, 3.63) is 53.9 Å².